The summed E-state index contributed by atoms with van der Waals surface area (Å²) in [4.78, 5) is 11.8. The fourth-order valence-electron chi connectivity index (χ4n) is 2.05. The summed E-state index contributed by atoms with van der Waals surface area (Å²) in [6, 6.07) is 0. The van der Waals surface area contributed by atoms with Gasteiger partial charge in [0.2, 0.25) is 0 Å². The first-order valence-electron chi connectivity index (χ1n) is 7.65. The fourth-order valence-corrected chi connectivity index (χ4v) is 2.05. The number of hydrogen-bond acceptors (Lipinski definition) is 7. The van der Waals surface area contributed by atoms with Gasteiger partial charge in [0.05, 0.1) is 30.8 Å². The highest BCUT2D eigenvalue weighted by molar-refractivity contribution is 5.75. The van der Waals surface area contributed by atoms with Crippen LogP contribution < -0.4 is 0 Å². The van der Waals surface area contributed by atoms with Crippen LogP contribution in [0.25, 0.3) is 0 Å². The Labute approximate surface area is 131 Å². The molecule has 0 amide bonds. The second-order valence-electron chi connectivity index (χ2n) is 6.31. The van der Waals surface area contributed by atoms with Crippen LogP contribution in [0, 0.1) is 11.3 Å². The van der Waals surface area contributed by atoms with Crippen molar-refractivity contribution in [2.24, 2.45) is 11.3 Å². The smallest absolute Gasteiger partial charge is 0.311 e. The summed E-state index contributed by atoms with van der Waals surface area (Å²) < 4.78 is 15.8. The molecule has 0 aromatic heterocycles. The van der Waals surface area contributed by atoms with Gasteiger partial charge in [-0.15, -0.1) is 0 Å². The van der Waals surface area contributed by atoms with Crippen molar-refractivity contribution in [1.29, 1.82) is 0 Å². The molecule has 5 atom stereocenters. The number of esters is 1. The molecule has 0 aliphatic carbocycles. The largest absolute Gasteiger partial charge is 0.463 e. The minimum atomic E-state index is -1.21. The van der Waals surface area contributed by atoms with Gasteiger partial charge < -0.3 is 29.5 Å². The minimum Gasteiger partial charge on any atom is -0.463 e. The number of aliphatic hydroxyl groups excluding tert-OH is 3. The van der Waals surface area contributed by atoms with Gasteiger partial charge in [-0.2, -0.15) is 0 Å². The highest BCUT2D eigenvalue weighted by Crippen LogP contribution is 2.26. The lowest BCUT2D eigenvalue weighted by atomic mass is 9.91. The van der Waals surface area contributed by atoms with Gasteiger partial charge >= 0.3 is 5.97 Å². The summed E-state index contributed by atoms with van der Waals surface area (Å²) in [6.07, 6.45) is -3.25. The fraction of sp³-hybridized carbons (Fsp3) is 0.933. The molecule has 1 aliphatic heterocycles. The first-order valence-corrected chi connectivity index (χ1v) is 7.65. The Hall–Kier alpha value is -0.730. The molecule has 0 aromatic carbocycles. The van der Waals surface area contributed by atoms with E-state index in [0.717, 1.165) is 0 Å². The molecule has 3 N–H and O–H groups in total. The molecule has 130 valence electrons. The van der Waals surface area contributed by atoms with E-state index < -0.39 is 35.9 Å². The zero-order chi connectivity index (χ0) is 16.9. The molecular formula is C15H28O7. The van der Waals surface area contributed by atoms with Crippen molar-refractivity contribution in [1.82, 2.24) is 0 Å². The third-order valence-electron chi connectivity index (χ3n) is 4.28. The zero-order valence-electron chi connectivity index (χ0n) is 13.7. The lowest BCUT2D eigenvalue weighted by molar-refractivity contribution is -0.289. The summed E-state index contributed by atoms with van der Waals surface area (Å²) in [7, 11) is 0. The van der Waals surface area contributed by atoms with Crippen LogP contribution in [0.1, 0.15) is 34.1 Å². The van der Waals surface area contributed by atoms with E-state index in [2.05, 4.69) is 0 Å². The van der Waals surface area contributed by atoms with E-state index in [1.54, 1.807) is 20.8 Å². The van der Waals surface area contributed by atoms with Crippen LogP contribution in [0.15, 0.2) is 0 Å². The number of carbonyl (C=O) groups excluding carboxylic acids is 1. The quantitative estimate of drug-likeness (QED) is 0.450. The van der Waals surface area contributed by atoms with Crippen LogP contribution in [0.3, 0.4) is 0 Å². The van der Waals surface area contributed by atoms with Crippen molar-refractivity contribution in [2.75, 3.05) is 19.8 Å². The normalized spacial score (nSPS) is 32.8. The Morgan fingerprint density at radius 2 is 1.86 bits per heavy atom. The molecule has 1 rings (SSSR count). The molecule has 0 spiro atoms. The van der Waals surface area contributed by atoms with Crippen LogP contribution >= 0.6 is 0 Å². The molecule has 0 radical (unpaired) electrons. The minimum absolute atomic E-state index is 0.0320. The molecule has 7 heteroatoms. The van der Waals surface area contributed by atoms with E-state index in [4.69, 9.17) is 14.2 Å². The number of rotatable bonds is 7. The van der Waals surface area contributed by atoms with Gasteiger partial charge in [0.1, 0.15) is 12.7 Å². The number of ether oxygens (including phenoxy) is 3. The van der Waals surface area contributed by atoms with Crippen LogP contribution in [0.4, 0.5) is 0 Å². The predicted molar refractivity (Wildman–Crippen MR) is 77.9 cm³/mol. The molecule has 1 heterocycles. The van der Waals surface area contributed by atoms with Gasteiger partial charge in [0, 0.05) is 5.92 Å². The lowest BCUT2D eigenvalue weighted by Crippen LogP contribution is -2.55. The highest BCUT2D eigenvalue weighted by Gasteiger charge is 2.42. The Bertz CT molecular complexity index is 356. The van der Waals surface area contributed by atoms with Crippen molar-refractivity contribution < 1.29 is 34.3 Å². The molecular weight excluding hydrogens is 292 g/mol. The van der Waals surface area contributed by atoms with Crippen LogP contribution in [-0.4, -0.2) is 65.7 Å². The predicted octanol–water partition coefficient (Wildman–Crippen LogP) is 0.0575. The van der Waals surface area contributed by atoms with E-state index in [9.17, 15) is 20.1 Å². The standard InChI is InChI=1S/C15H28O7/c1-5-15(3,4)14(19)21-7-6-20-13-12(18)11(17)9(2)10(8-16)22-13/h9-13,16-18H,5-8H2,1-4H3/t9-,10?,11?,12+,13?/m0/s1. The molecule has 0 bridgehead atoms. The van der Waals surface area contributed by atoms with E-state index in [1.165, 1.54) is 0 Å². The molecule has 0 saturated carbocycles. The zero-order valence-corrected chi connectivity index (χ0v) is 13.7. The first kappa shape index (κ1) is 19.3. The maximum absolute atomic E-state index is 11.8. The molecule has 1 aliphatic rings. The Morgan fingerprint density at radius 3 is 2.41 bits per heavy atom. The van der Waals surface area contributed by atoms with E-state index in [-0.39, 0.29) is 25.8 Å². The average Bonchev–Trinajstić information content (AvgIpc) is 2.50. The first-order chi connectivity index (χ1) is 10.2. The SMILES string of the molecule is CCC(C)(C)C(=O)OCCOC1OC(CO)[C@H](C)C(O)[C@H]1O. The van der Waals surface area contributed by atoms with Gasteiger partial charge in [0.15, 0.2) is 6.29 Å². The Balaban J connectivity index is 2.39. The van der Waals surface area contributed by atoms with Crippen LogP contribution in [0.2, 0.25) is 0 Å². The molecule has 1 fully saturated rings. The Morgan fingerprint density at radius 1 is 1.23 bits per heavy atom. The molecule has 0 aromatic rings. The maximum atomic E-state index is 11.8. The Kier molecular flexibility index (Phi) is 7.21. The van der Waals surface area contributed by atoms with Crippen LogP contribution in [-0.2, 0) is 19.0 Å². The molecule has 7 nitrogen and oxygen atoms in total. The maximum Gasteiger partial charge on any atom is 0.311 e. The summed E-state index contributed by atoms with van der Waals surface area (Å²) in [5, 5.41) is 29.0. The van der Waals surface area contributed by atoms with Crippen LogP contribution in [0.5, 0.6) is 0 Å². The van der Waals surface area contributed by atoms with E-state index >= 15 is 0 Å². The van der Waals surface area contributed by atoms with Gasteiger partial charge in [-0.05, 0) is 20.3 Å². The van der Waals surface area contributed by atoms with Gasteiger partial charge in [0.25, 0.3) is 0 Å². The summed E-state index contributed by atoms with van der Waals surface area (Å²) >= 11 is 0. The second kappa shape index (κ2) is 8.21. The van der Waals surface area contributed by atoms with Gasteiger partial charge in [-0.3, -0.25) is 4.79 Å². The van der Waals surface area contributed by atoms with Gasteiger partial charge in [-0.1, -0.05) is 13.8 Å². The van der Waals surface area contributed by atoms with Crippen molar-refractivity contribution in [3.8, 4) is 0 Å². The van der Waals surface area contributed by atoms with E-state index in [0.29, 0.717) is 6.42 Å². The number of carbonyl (C=O) groups is 1. The topological polar surface area (TPSA) is 105 Å². The molecule has 3 unspecified atom stereocenters. The lowest BCUT2D eigenvalue weighted by Gasteiger charge is -2.40. The number of aliphatic hydroxyl groups is 3. The van der Waals surface area contributed by atoms with Crippen molar-refractivity contribution >= 4 is 5.97 Å². The summed E-state index contributed by atoms with van der Waals surface area (Å²) in [5.41, 5.74) is -0.547. The summed E-state index contributed by atoms with van der Waals surface area (Å²) in [6.45, 7) is 6.98. The second-order valence-corrected chi connectivity index (χ2v) is 6.31. The highest BCUT2D eigenvalue weighted by atomic mass is 16.7. The summed E-state index contributed by atoms with van der Waals surface area (Å²) in [5.74, 6) is -0.714. The average molecular weight is 320 g/mol. The third-order valence-corrected chi connectivity index (χ3v) is 4.28. The number of hydrogen-bond donors (Lipinski definition) is 3. The van der Waals surface area contributed by atoms with E-state index in [1.807, 2.05) is 6.92 Å². The molecule has 22 heavy (non-hydrogen) atoms. The van der Waals surface area contributed by atoms with Gasteiger partial charge in [-0.25, -0.2) is 0 Å². The monoisotopic (exact) mass is 320 g/mol. The van der Waals surface area contributed by atoms with Crippen molar-refractivity contribution in [2.45, 2.75) is 58.7 Å². The van der Waals surface area contributed by atoms with Crippen molar-refractivity contribution in [3.05, 3.63) is 0 Å². The third kappa shape index (κ3) is 4.63. The van der Waals surface area contributed by atoms with Crippen molar-refractivity contribution in [3.63, 3.8) is 0 Å². The molecule has 1 saturated heterocycles.